The zero-order valence-electron chi connectivity index (χ0n) is 11.6. The third-order valence-corrected chi connectivity index (χ3v) is 4.27. The van der Waals surface area contributed by atoms with Crippen LogP contribution in [0.5, 0.6) is 0 Å². The number of aromatic nitrogens is 3. The third kappa shape index (κ3) is 2.43. The van der Waals surface area contributed by atoms with E-state index in [-0.39, 0.29) is 0 Å². The first-order chi connectivity index (χ1) is 10.1. The fourth-order valence-electron chi connectivity index (χ4n) is 2.30. The highest BCUT2D eigenvalue weighted by Crippen LogP contribution is 2.33. The van der Waals surface area contributed by atoms with Crippen molar-refractivity contribution in [3.05, 3.63) is 58.1 Å². The SMILES string of the molecule is Cc1ccccc1-c1nnc(-c2cccc(Cl)c2Cl)n1C. The van der Waals surface area contributed by atoms with Crippen LogP contribution in [0.1, 0.15) is 5.56 Å². The summed E-state index contributed by atoms with van der Waals surface area (Å²) in [5.41, 5.74) is 2.98. The van der Waals surface area contributed by atoms with Gasteiger partial charge in [0.15, 0.2) is 11.6 Å². The fourth-order valence-corrected chi connectivity index (χ4v) is 2.68. The quantitative estimate of drug-likeness (QED) is 0.682. The Hall–Kier alpha value is -1.84. The summed E-state index contributed by atoms with van der Waals surface area (Å²) >= 11 is 12.3. The molecule has 0 amide bonds. The first kappa shape index (κ1) is 14.1. The van der Waals surface area contributed by atoms with Crippen molar-refractivity contribution in [3.8, 4) is 22.8 Å². The second-order valence-corrected chi connectivity index (χ2v) is 5.61. The fraction of sp³-hybridized carbons (Fsp3) is 0.125. The number of hydrogen-bond acceptors (Lipinski definition) is 2. The Kier molecular flexibility index (Phi) is 3.70. The molecule has 3 aromatic rings. The largest absolute Gasteiger partial charge is 0.310 e. The smallest absolute Gasteiger partial charge is 0.165 e. The minimum Gasteiger partial charge on any atom is -0.310 e. The number of aryl methyl sites for hydroxylation is 1. The molecule has 1 aromatic heterocycles. The Labute approximate surface area is 133 Å². The number of nitrogens with zero attached hydrogens (tertiary/aromatic N) is 3. The highest BCUT2D eigenvalue weighted by Gasteiger charge is 2.16. The predicted molar refractivity (Wildman–Crippen MR) is 86.6 cm³/mol. The summed E-state index contributed by atoms with van der Waals surface area (Å²) in [6, 6.07) is 13.6. The lowest BCUT2D eigenvalue weighted by Crippen LogP contribution is -1.97. The molecule has 106 valence electrons. The Balaban J connectivity index is 2.16. The van der Waals surface area contributed by atoms with Crippen molar-refractivity contribution >= 4 is 23.2 Å². The Morgan fingerprint density at radius 2 is 1.48 bits per heavy atom. The van der Waals surface area contributed by atoms with E-state index in [4.69, 9.17) is 23.2 Å². The molecule has 0 aliphatic heterocycles. The van der Waals surface area contributed by atoms with Crippen LogP contribution >= 0.6 is 23.2 Å². The minimum absolute atomic E-state index is 0.492. The van der Waals surface area contributed by atoms with Crippen molar-refractivity contribution in [2.45, 2.75) is 6.92 Å². The van der Waals surface area contributed by atoms with Gasteiger partial charge in [0, 0.05) is 18.2 Å². The van der Waals surface area contributed by atoms with E-state index in [2.05, 4.69) is 23.2 Å². The van der Waals surface area contributed by atoms with Crippen LogP contribution in [0, 0.1) is 6.92 Å². The summed E-state index contributed by atoms with van der Waals surface area (Å²) in [5.74, 6) is 1.50. The van der Waals surface area contributed by atoms with Gasteiger partial charge in [0.05, 0.1) is 10.0 Å². The van der Waals surface area contributed by atoms with Gasteiger partial charge in [-0.3, -0.25) is 0 Å². The molecule has 0 bridgehead atoms. The van der Waals surface area contributed by atoms with Gasteiger partial charge in [-0.2, -0.15) is 0 Å². The highest BCUT2D eigenvalue weighted by molar-refractivity contribution is 6.43. The maximum absolute atomic E-state index is 6.27. The van der Waals surface area contributed by atoms with Crippen LogP contribution in [0.3, 0.4) is 0 Å². The monoisotopic (exact) mass is 317 g/mol. The van der Waals surface area contributed by atoms with Gasteiger partial charge in [0.1, 0.15) is 0 Å². The molecule has 0 spiro atoms. The van der Waals surface area contributed by atoms with Gasteiger partial charge in [-0.1, -0.05) is 53.5 Å². The summed E-state index contributed by atoms with van der Waals surface area (Å²) in [5, 5.41) is 9.58. The summed E-state index contributed by atoms with van der Waals surface area (Å²) in [7, 11) is 1.92. The van der Waals surface area contributed by atoms with Crippen molar-refractivity contribution in [3.63, 3.8) is 0 Å². The van der Waals surface area contributed by atoms with Crippen LogP contribution in [-0.4, -0.2) is 14.8 Å². The molecule has 2 aromatic carbocycles. The van der Waals surface area contributed by atoms with Crippen LogP contribution < -0.4 is 0 Å². The van der Waals surface area contributed by atoms with Crippen LogP contribution in [0.4, 0.5) is 0 Å². The average molecular weight is 318 g/mol. The first-order valence-electron chi connectivity index (χ1n) is 6.49. The number of hydrogen-bond donors (Lipinski definition) is 0. The van der Waals surface area contributed by atoms with Gasteiger partial charge >= 0.3 is 0 Å². The Bertz CT molecular complexity index is 809. The van der Waals surface area contributed by atoms with Crippen LogP contribution in [0.15, 0.2) is 42.5 Å². The molecule has 0 aliphatic rings. The van der Waals surface area contributed by atoms with Gasteiger partial charge in [-0.15, -0.1) is 10.2 Å². The van der Waals surface area contributed by atoms with Crippen LogP contribution in [0.2, 0.25) is 10.0 Å². The molecular formula is C16H13Cl2N3. The van der Waals surface area contributed by atoms with Crippen LogP contribution in [0.25, 0.3) is 22.8 Å². The Morgan fingerprint density at radius 1 is 0.857 bits per heavy atom. The van der Waals surface area contributed by atoms with E-state index in [1.165, 1.54) is 0 Å². The molecule has 5 heteroatoms. The Morgan fingerprint density at radius 3 is 2.19 bits per heavy atom. The molecule has 0 N–H and O–H groups in total. The molecule has 0 saturated carbocycles. The normalized spacial score (nSPS) is 10.9. The van der Waals surface area contributed by atoms with Crippen molar-refractivity contribution in [2.24, 2.45) is 7.05 Å². The molecule has 0 atom stereocenters. The van der Waals surface area contributed by atoms with Gasteiger partial charge in [-0.25, -0.2) is 0 Å². The molecule has 0 aliphatic carbocycles. The molecule has 21 heavy (non-hydrogen) atoms. The third-order valence-electron chi connectivity index (χ3n) is 3.45. The first-order valence-corrected chi connectivity index (χ1v) is 7.25. The van der Waals surface area contributed by atoms with Crippen molar-refractivity contribution in [1.82, 2.24) is 14.8 Å². The van der Waals surface area contributed by atoms with E-state index in [0.29, 0.717) is 15.9 Å². The van der Waals surface area contributed by atoms with Crippen molar-refractivity contribution < 1.29 is 0 Å². The van der Waals surface area contributed by atoms with E-state index in [1.807, 2.05) is 41.9 Å². The van der Waals surface area contributed by atoms with E-state index >= 15 is 0 Å². The molecular weight excluding hydrogens is 305 g/mol. The maximum atomic E-state index is 6.27. The number of rotatable bonds is 2. The summed E-state index contributed by atoms with van der Waals surface area (Å²) < 4.78 is 1.93. The zero-order valence-corrected chi connectivity index (χ0v) is 13.2. The van der Waals surface area contributed by atoms with E-state index in [9.17, 15) is 0 Å². The molecule has 3 nitrogen and oxygen atoms in total. The highest BCUT2D eigenvalue weighted by atomic mass is 35.5. The molecule has 3 rings (SSSR count). The zero-order chi connectivity index (χ0) is 15.0. The summed E-state index contributed by atoms with van der Waals surface area (Å²) in [6.45, 7) is 2.05. The van der Waals surface area contributed by atoms with Crippen molar-refractivity contribution in [2.75, 3.05) is 0 Å². The molecule has 0 fully saturated rings. The number of halogens is 2. The minimum atomic E-state index is 0.492. The lowest BCUT2D eigenvalue weighted by molar-refractivity contribution is 0.928. The maximum Gasteiger partial charge on any atom is 0.165 e. The topological polar surface area (TPSA) is 30.7 Å². The second-order valence-electron chi connectivity index (χ2n) is 4.82. The molecule has 0 saturated heterocycles. The standard InChI is InChI=1S/C16H13Cl2N3/c1-10-6-3-4-7-11(10)15-19-20-16(21(15)2)12-8-5-9-13(17)14(12)18/h3-9H,1-2H3. The van der Waals surface area contributed by atoms with Crippen molar-refractivity contribution in [1.29, 1.82) is 0 Å². The molecule has 0 radical (unpaired) electrons. The van der Waals surface area contributed by atoms with Crippen LogP contribution in [-0.2, 0) is 7.05 Å². The van der Waals surface area contributed by atoms with Gasteiger partial charge < -0.3 is 4.57 Å². The van der Waals surface area contributed by atoms with Gasteiger partial charge in [0.2, 0.25) is 0 Å². The average Bonchev–Trinajstić information content (AvgIpc) is 2.84. The summed E-state index contributed by atoms with van der Waals surface area (Å²) in [4.78, 5) is 0. The van der Waals surface area contributed by atoms with E-state index < -0.39 is 0 Å². The molecule has 0 unspecified atom stereocenters. The number of benzene rings is 2. The lowest BCUT2D eigenvalue weighted by Gasteiger charge is -2.08. The summed E-state index contributed by atoms with van der Waals surface area (Å²) in [6.07, 6.45) is 0. The van der Waals surface area contributed by atoms with Gasteiger partial charge in [0.25, 0.3) is 0 Å². The van der Waals surface area contributed by atoms with E-state index in [0.717, 1.165) is 22.5 Å². The second kappa shape index (κ2) is 5.51. The molecule has 1 heterocycles. The predicted octanol–water partition coefficient (Wildman–Crippen LogP) is 4.76. The van der Waals surface area contributed by atoms with E-state index in [1.54, 1.807) is 6.07 Å². The van der Waals surface area contributed by atoms with Gasteiger partial charge in [-0.05, 0) is 24.6 Å². The lowest BCUT2D eigenvalue weighted by atomic mass is 10.1.